The molecule has 1 aliphatic carbocycles. The summed E-state index contributed by atoms with van der Waals surface area (Å²) in [4.78, 5) is 20.8. The van der Waals surface area contributed by atoms with E-state index < -0.39 is 11.0 Å². The van der Waals surface area contributed by atoms with Gasteiger partial charge >= 0.3 is 5.97 Å². The van der Waals surface area contributed by atoms with Crippen LogP contribution in [0.15, 0.2) is 12.1 Å². The van der Waals surface area contributed by atoms with Crippen LogP contribution in [0.5, 0.6) is 0 Å². The molecule has 1 aromatic heterocycles. The summed E-state index contributed by atoms with van der Waals surface area (Å²) in [6.45, 7) is 9.27. The largest absolute Gasteiger partial charge is 0.459 e. The number of hydrogen-bond acceptors (Lipinski definition) is 4. The summed E-state index contributed by atoms with van der Waals surface area (Å²) in [6, 6.07) is 4.26. The molecule has 1 aliphatic heterocycles. The molecule has 1 fully saturated rings. The lowest BCUT2D eigenvalue weighted by Gasteiger charge is -2.35. The molecular weight excluding hydrogens is 290 g/mol. The van der Waals surface area contributed by atoms with E-state index in [-0.39, 0.29) is 5.97 Å². The highest BCUT2D eigenvalue weighted by Crippen LogP contribution is 2.50. The van der Waals surface area contributed by atoms with Crippen LogP contribution >= 0.6 is 0 Å². The summed E-state index contributed by atoms with van der Waals surface area (Å²) >= 11 is 0. The van der Waals surface area contributed by atoms with E-state index in [1.807, 2.05) is 27.7 Å². The van der Waals surface area contributed by atoms with Gasteiger partial charge in [-0.25, -0.2) is 4.98 Å². The molecule has 1 saturated heterocycles. The van der Waals surface area contributed by atoms with Gasteiger partial charge in [0.2, 0.25) is 0 Å². The highest BCUT2D eigenvalue weighted by molar-refractivity contribution is 5.89. The maximum absolute atomic E-state index is 13.0. The number of aromatic nitrogens is 2. The average Bonchev–Trinajstić information content (AvgIpc) is 2.91. The van der Waals surface area contributed by atoms with Crippen molar-refractivity contribution in [1.29, 1.82) is 0 Å². The molecule has 5 nitrogen and oxygen atoms in total. The van der Waals surface area contributed by atoms with E-state index in [9.17, 15) is 4.79 Å². The summed E-state index contributed by atoms with van der Waals surface area (Å²) in [5.41, 5.74) is 3.28. The van der Waals surface area contributed by atoms with E-state index in [1.54, 1.807) is 0 Å². The summed E-state index contributed by atoms with van der Waals surface area (Å²) < 4.78 is 5.77. The van der Waals surface area contributed by atoms with Gasteiger partial charge in [-0.1, -0.05) is 0 Å². The standard InChI is InChI=1S/C18H23N3O2/c1-10-20-14-5-12-11-7-18(9-19-8-11,13(12)6-15(14)21-10)16(22)23-17(2,3)4/h5-6,11,19H,7-9H2,1-4H3,(H,20,21). The minimum atomic E-state index is -0.577. The second-order valence-corrected chi connectivity index (χ2v) is 7.89. The Morgan fingerprint density at radius 3 is 2.91 bits per heavy atom. The van der Waals surface area contributed by atoms with Gasteiger partial charge in [-0.2, -0.15) is 0 Å². The number of imidazole rings is 1. The molecule has 122 valence electrons. The van der Waals surface area contributed by atoms with Crippen molar-refractivity contribution in [3.63, 3.8) is 0 Å². The Labute approximate surface area is 135 Å². The van der Waals surface area contributed by atoms with E-state index in [4.69, 9.17) is 4.74 Å². The number of aryl methyl sites for hydroxylation is 1. The van der Waals surface area contributed by atoms with E-state index in [2.05, 4.69) is 27.4 Å². The Balaban J connectivity index is 1.86. The fourth-order valence-electron chi connectivity index (χ4n) is 4.04. The summed E-state index contributed by atoms with van der Waals surface area (Å²) in [6.07, 6.45) is 0.829. The number of aromatic amines is 1. The molecule has 2 aromatic rings. The Morgan fingerprint density at radius 2 is 2.17 bits per heavy atom. The number of carbonyl (C=O) groups is 1. The van der Waals surface area contributed by atoms with Crippen LogP contribution < -0.4 is 5.32 Å². The van der Waals surface area contributed by atoms with Crippen molar-refractivity contribution in [2.24, 2.45) is 0 Å². The minimum absolute atomic E-state index is 0.118. The number of carbonyl (C=O) groups excluding carboxylic acids is 1. The maximum atomic E-state index is 13.0. The van der Waals surface area contributed by atoms with Crippen LogP contribution in [0.3, 0.4) is 0 Å². The molecule has 2 aliphatic rings. The van der Waals surface area contributed by atoms with Crippen molar-refractivity contribution in [2.75, 3.05) is 13.1 Å². The first-order valence-corrected chi connectivity index (χ1v) is 8.23. The predicted octanol–water partition coefficient (Wildman–Crippen LogP) is 2.54. The number of piperidine rings is 1. The molecule has 0 radical (unpaired) electrons. The number of esters is 1. The SMILES string of the molecule is Cc1nc2cc3c(cc2[nH]1)C1CNCC3(C(=O)OC(C)(C)C)C1. The molecule has 2 unspecified atom stereocenters. The van der Waals surface area contributed by atoms with Crippen LogP contribution in [0.4, 0.5) is 0 Å². The van der Waals surface area contributed by atoms with Gasteiger partial charge in [0.25, 0.3) is 0 Å². The zero-order chi connectivity index (χ0) is 16.4. The zero-order valence-electron chi connectivity index (χ0n) is 14.1. The van der Waals surface area contributed by atoms with Gasteiger partial charge in [0.1, 0.15) is 16.8 Å². The lowest BCUT2D eigenvalue weighted by molar-refractivity contribution is -0.162. The Bertz CT molecular complexity index is 802. The molecule has 1 aromatic carbocycles. The lowest BCUT2D eigenvalue weighted by atomic mass is 9.79. The summed E-state index contributed by atoms with van der Waals surface area (Å²) in [5, 5.41) is 3.43. The van der Waals surface area contributed by atoms with Crippen molar-refractivity contribution in [3.8, 4) is 0 Å². The third-order valence-corrected chi connectivity index (χ3v) is 4.93. The van der Waals surface area contributed by atoms with Gasteiger partial charge in [0.15, 0.2) is 0 Å². The van der Waals surface area contributed by atoms with Crippen LogP contribution in [0.25, 0.3) is 11.0 Å². The van der Waals surface area contributed by atoms with Gasteiger partial charge < -0.3 is 15.0 Å². The van der Waals surface area contributed by atoms with Crippen LogP contribution in [-0.4, -0.2) is 34.6 Å². The van der Waals surface area contributed by atoms with Crippen molar-refractivity contribution >= 4 is 17.0 Å². The summed E-state index contributed by atoms with van der Waals surface area (Å²) in [5.74, 6) is 1.14. The third kappa shape index (κ3) is 2.17. The van der Waals surface area contributed by atoms with Crippen LogP contribution in [0, 0.1) is 6.92 Å². The molecule has 2 bridgehead atoms. The number of nitrogens with one attached hydrogen (secondary N) is 2. The normalized spacial score (nSPS) is 26.3. The molecule has 0 amide bonds. The first-order chi connectivity index (χ1) is 10.8. The Morgan fingerprint density at radius 1 is 1.39 bits per heavy atom. The molecule has 0 spiro atoms. The number of benzene rings is 1. The second-order valence-electron chi connectivity index (χ2n) is 7.89. The molecule has 23 heavy (non-hydrogen) atoms. The number of rotatable bonds is 1. The van der Waals surface area contributed by atoms with E-state index >= 15 is 0 Å². The van der Waals surface area contributed by atoms with Crippen LogP contribution in [0.2, 0.25) is 0 Å². The number of ether oxygens (including phenoxy) is 1. The third-order valence-electron chi connectivity index (χ3n) is 4.93. The first kappa shape index (κ1) is 14.7. The molecule has 4 rings (SSSR count). The van der Waals surface area contributed by atoms with Gasteiger partial charge in [0.05, 0.1) is 11.0 Å². The van der Waals surface area contributed by atoms with E-state index in [0.717, 1.165) is 35.4 Å². The molecule has 2 N–H and O–H groups in total. The average molecular weight is 313 g/mol. The van der Waals surface area contributed by atoms with Crippen molar-refractivity contribution in [2.45, 2.75) is 51.0 Å². The van der Waals surface area contributed by atoms with Crippen molar-refractivity contribution < 1.29 is 9.53 Å². The fourth-order valence-corrected chi connectivity index (χ4v) is 4.04. The first-order valence-electron chi connectivity index (χ1n) is 8.23. The highest BCUT2D eigenvalue weighted by atomic mass is 16.6. The quantitative estimate of drug-likeness (QED) is 0.794. The van der Waals surface area contributed by atoms with Crippen LogP contribution in [-0.2, 0) is 14.9 Å². The lowest BCUT2D eigenvalue weighted by Crippen LogP contribution is -2.49. The van der Waals surface area contributed by atoms with E-state index in [1.165, 1.54) is 5.56 Å². The Kier molecular flexibility index (Phi) is 2.92. The topological polar surface area (TPSA) is 67.0 Å². The molecule has 0 saturated carbocycles. The van der Waals surface area contributed by atoms with Gasteiger partial charge in [-0.05, 0) is 63.3 Å². The van der Waals surface area contributed by atoms with E-state index in [0.29, 0.717) is 12.5 Å². The van der Waals surface area contributed by atoms with Gasteiger partial charge in [-0.15, -0.1) is 0 Å². The molecule has 2 atom stereocenters. The highest BCUT2D eigenvalue weighted by Gasteiger charge is 2.53. The van der Waals surface area contributed by atoms with Gasteiger partial charge in [0, 0.05) is 13.1 Å². The maximum Gasteiger partial charge on any atom is 0.318 e. The van der Waals surface area contributed by atoms with Crippen molar-refractivity contribution in [3.05, 3.63) is 29.1 Å². The predicted molar refractivity (Wildman–Crippen MR) is 88.6 cm³/mol. The smallest absolute Gasteiger partial charge is 0.318 e. The molecule has 5 heteroatoms. The molecular formula is C18H23N3O2. The number of nitrogens with zero attached hydrogens (tertiary/aromatic N) is 1. The minimum Gasteiger partial charge on any atom is -0.459 e. The fraction of sp³-hybridized carbons (Fsp3) is 0.556. The van der Waals surface area contributed by atoms with Crippen molar-refractivity contribution in [1.82, 2.24) is 15.3 Å². The zero-order valence-corrected chi connectivity index (χ0v) is 14.1. The van der Waals surface area contributed by atoms with Gasteiger partial charge in [-0.3, -0.25) is 4.79 Å². The summed E-state index contributed by atoms with van der Waals surface area (Å²) in [7, 11) is 0. The van der Waals surface area contributed by atoms with Crippen LogP contribution in [0.1, 0.15) is 50.1 Å². The number of H-pyrrole nitrogens is 1. The molecule has 2 heterocycles. The number of hydrogen-bond donors (Lipinski definition) is 2. The number of fused-ring (bicyclic) bond motifs is 6. The second kappa shape index (κ2) is 4.57. The Hall–Kier alpha value is -1.88. The monoisotopic (exact) mass is 313 g/mol.